The summed E-state index contributed by atoms with van der Waals surface area (Å²) in [6, 6.07) is 16.9. The van der Waals surface area contributed by atoms with Gasteiger partial charge in [-0.2, -0.15) is 0 Å². The molecule has 29 heavy (non-hydrogen) atoms. The van der Waals surface area contributed by atoms with Crippen LogP contribution in [0.15, 0.2) is 53.9 Å². The van der Waals surface area contributed by atoms with Crippen LogP contribution in [0, 0.1) is 6.92 Å². The predicted octanol–water partition coefficient (Wildman–Crippen LogP) is 4.57. The zero-order valence-electron chi connectivity index (χ0n) is 16.9. The van der Waals surface area contributed by atoms with Gasteiger partial charge < -0.3 is 5.32 Å². The van der Waals surface area contributed by atoms with Gasteiger partial charge in [-0.05, 0) is 44.0 Å². The topological polar surface area (TPSA) is 45.2 Å². The zero-order valence-corrected chi connectivity index (χ0v) is 17.7. The van der Waals surface area contributed by atoms with E-state index in [0.29, 0.717) is 13.0 Å². The Hall–Kier alpha value is -2.50. The van der Waals surface area contributed by atoms with E-state index in [1.165, 1.54) is 37.1 Å². The summed E-state index contributed by atoms with van der Waals surface area (Å²) in [6.45, 7) is 6.07. The highest BCUT2D eigenvalue weighted by molar-refractivity contribution is 7.13. The van der Waals surface area contributed by atoms with Gasteiger partial charge in [-0.3, -0.25) is 9.69 Å². The summed E-state index contributed by atoms with van der Waals surface area (Å²) in [5.74, 6) is 0.00639. The normalized spacial score (nSPS) is 14.2. The van der Waals surface area contributed by atoms with Gasteiger partial charge in [-0.1, -0.05) is 54.1 Å². The van der Waals surface area contributed by atoms with Crippen molar-refractivity contribution < 1.29 is 4.79 Å². The van der Waals surface area contributed by atoms with Gasteiger partial charge in [-0.15, -0.1) is 11.3 Å². The fraction of sp³-hybridized carbons (Fsp3) is 0.333. The number of nitrogens with one attached hydrogen (secondary N) is 1. The van der Waals surface area contributed by atoms with Crippen LogP contribution in [0.5, 0.6) is 0 Å². The molecule has 1 amide bonds. The van der Waals surface area contributed by atoms with E-state index in [0.717, 1.165) is 28.4 Å². The van der Waals surface area contributed by atoms with Crippen LogP contribution in [0.4, 0.5) is 0 Å². The van der Waals surface area contributed by atoms with Crippen LogP contribution in [0.3, 0.4) is 0 Å². The second-order valence-corrected chi connectivity index (χ2v) is 8.62. The average Bonchev–Trinajstić information content (AvgIpc) is 3.40. The molecule has 0 aliphatic carbocycles. The van der Waals surface area contributed by atoms with Crippen molar-refractivity contribution in [2.45, 2.75) is 39.3 Å². The summed E-state index contributed by atoms with van der Waals surface area (Å²) >= 11 is 1.58. The molecule has 150 valence electrons. The second-order valence-electron chi connectivity index (χ2n) is 7.76. The molecule has 0 radical (unpaired) electrons. The molecule has 0 atom stereocenters. The Labute approximate surface area is 176 Å². The Kier molecular flexibility index (Phi) is 6.37. The lowest BCUT2D eigenvalue weighted by Crippen LogP contribution is -2.24. The number of aromatic nitrogens is 1. The SMILES string of the molecule is Cc1ccc(-c2nc(CC(=O)NCc3ccc(CN4CCCC4)cc3)cs2)cc1. The first-order valence-electron chi connectivity index (χ1n) is 10.2. The Balaban J connectivity index is 1.26. The monoisotopic (exact) mass is 405 g/mol. The molecule has 1 aromatic heterocycles. The number of carbonyl (C=O) groups is 1. The van der Waals surface area contributed by atoms with Gasteiger partial charge in [0, 0.05) is 24.0 Å². The summed E-state index contributed by atoms with van der Waals surface area (Å²) in [4.78, 5) is 19.4. The van der Waals surface area contributed by atoms with E-state index < -0.39 is 0 Å². The number of hydrogen-bond donors (Lipinski definition) is 1. The van der Waals surface area contributed by atoms with E-state index in [4.69, 9.17) is 0 Å². The van der Waals surface area contributed by atoms with Gasteiger partial charge in [0.2, 0.25) is 5.91 Å². The number of amides is 1. The van der Waals surface area contributed by atoms with Crippen molar-refractivity contribution in [1.29, 1.82) is 0 Å². The quantitative estimate of drug-likeness (QED) is 0.626. The van der Waals surface area contributed by atoms with E-state index in [-0.39, 0.29) is 5.91 Å². The molecule has 1 fully saturated rings. The number of rotatable bonds is 7. The first-order chi connectivity index (χ1) is 14.2. The average molecular weight is 406 g/mol. The van der Waals surface area contributed by atoms with Crippen molar-refractivity contribution >= 4 is 17.2 Å². The van der Waals surface area contributed by atoms with E-state index in [1.54, 1.807) is 11.3 Å². The van der Waals surface area contributed by atoms with Gasteiger partial charge in [0.1, 0.15) is 5.01 Å². The fourth-order valence-electron chi connectivity index (χ4n) is 3.61. The highest BCUT2D eigenvalue weighted by Gasteiger charge is 2.12. The summed E-state index contributed by atoms with van der Waals surface area (Å²) in [7, 11) is 0. The standard InChI is InChI=1S/C24H27N3OS/c1-18-4-10-21(11-5-18)24-26-22(17-29-24)14-23(28)25-15-19-6-8-20(9-7-19)16-27-12-2-3-13-27/h4-11,17H,2-3,12-16H2,1H3,(H,25,28). The van der Waals surface area contributed by atoms with Crippen LogP contribution in [-0.2, 0) is 24.3 Å². The largest absolute Gasteiger partial charge is 0.352 e. The third-order valence-electron chi connectivity index (χ3n) is 5.31. The molecule has 1 saturated heterocycles. The Morgan fingerprint density at radius 1 is 1.03 bits per heavy atom. The van der Waals surface area contributed by atoms with Crippen molar-refractivity contribution in [3.8, 4) is 10.6 Å². The zero-order chi connectivity index (χ0) is 20.1. The maximum Gasteiger partial charge on any atom is 0.226 e. The number of thiazole rings is 1. The van der Waals surface area contributed by atoms with E-state index in [2.05, 4.69) is 70.7 Å². The third kappa shape index (κ3) is 5.52. The Bertz CT molecular complexity index is 941. The minimum Gasteiger partial charge on any atom is -0.352 e. The summed E-state index contributed by atoms with van der Waals surface area (Å²) in [5, 5.41) is 5.95. The number of hydrogen-bond acceptors (Lipinski definition) is 4. The lowest BCUT2D eigenvalue weighted by atomic mass is 10.1. The number of aryl methyl sites for hydroxylation is 1. The lowest BCUT2D eigenvalue weighted by molar-refractivity contribution is -0.120. The molecular weight excluding hydrogens is 378 g/mol. The molecule has 2 aromatic carbocycles. The maximum atomic E-state index is 12.3. The molecule has 2 heterocycles. The highest BCUT2D eigenvalue weighted by Crippen LogP contribution is 2.24. The van der Waals surface area contributed by atoms with E-state index in [1.807, 2.05) is 5.38 Å². The first kappa shape index (κ1) is 19.8. The molecule has 1 aliphatic heterocycles. The van der Waals surface area contributed by atoms with Crippen LogP contribution < -0.4 is 5.32 Å². The van der Waals surface area contributed by atoms with Crippen molar-refractivity contribution in [3.63, 3.8) is 0 Å². The number of benzene rings is 2. The van der Waals surface area contributed by atoms with Gasteiger partial charge in [0.05, 0.1) is 12.1 Å². The number of likely N-dealkylation sites (tertiary alicyclic amines) is 1. The van der Waals surface area contributed by atoms with Gasteiger partial charge in [0.15, 0.2) is 0 Å². The molecule has 0 unspecified atom stereocenters. The molecule has 1 N–H and O–H groups in total. The smallest absolute Gasteiger partial charge is 0.226 e. The van der Waals surface area contributed by atoms with Gasteiger partial charge in [0.25, 0.3) is 0 Å². The van der Waals surface area contributed by atoms with Crippen LogP contribution in [0.25, 0.3) is 10.6 Å². The minimum atomic E-state index is 0.00639. The lowest BCUT2D eigenvalue weighted by Gasteiger charge is -2.14. The predicted molar refractivity (Wildman–Crippen MR) is 119 cm³/mol. The molecule has 4 nitrogen and oxygen atoms in total. The van der Waals surface area contributed by atoms with Crippen molar-refractivity contribution in [3.05, 3.63) is 76.3 Å². The summed E-state index contributed by atoms with van der Waals surface area (Å²) in [5.41, 5.74) is 5.62. The first-order valence-corrected chi connectivity index (χ1v) is 11.1. The third-order valence-corrected chi connectivity index (χ3v) is 6.25. The molecular formula is C24H27N3OS. The highest BCUT2D eigenvalue weighted by atomic mass is 32.1. The summed E-state index contributed by atoms with van der Waals surface area (Å²) in [6.07, 6.45) is 2.95. The molecule has 5 heteroatoms. The van der Waals surface area contributed by atoms with Crippen LogP contribution in [0.1, 0.15) is 35.2 Å². The Morgan fingerprint density at radius 2 is 1.72 bits per heavy atom. The molecule has 4 rings (SSSR count). The molecule has 0 spiro atoms. The van der Waals surface area contributed by atoms with Crippen molar-refractivity contribution in [2.75, 3.05) is 13.1 Å². The Morgan fingerprint density at radius 3 is 2.45 bits per heavy atom. The summed E-state index contributed by atoms with van der Waals surface area (Å²) < 4.78 is 0. The van der Waals surface area contributed by atoms with E-state index >= 15 is 0 Å². The van der Waals surface area contributed by atoms with Crippen LogP contribution in [0.2, 0.25) is 0 Å². The maximum absolute atomic E-state index is 12.3. The van der Waals surface area contributed by atoms with Crippen LogP contribution >= 0.6 is 11.3 Å². The van der Waals surface area contributed by atoms with E-state index in [9.17, 15) is 4.79 Å². The van der Waals surface area contributed by atoms with Crippen molar-refractivity contribution in [2.24, 2.45) is 0 Å². The van der Waals surface area contributed by atoms with Crippen LogP contribution in [-0.4, -0.2) is 28.9 Å². The molecule has 0 bridgehead atoms. The minimum absolute atomic E-state index is 0.00639. The van der Waals surface area contributed by atoms with Gasteiger partial charge >= 0.3 is 0 Å². The van der Waals surface area contributed by atoms with Crippen molar-refractivity contribution in [1.82, 2.24) is 15.2 Å². The number of nitrogens with zero attached hydrogens (tertiary/aromatic N) is 2. The number of carbonyl (C=O) groups excluding carboxylic acids is 1. The fourth-order valence-corrected chi connectivity index (χ4v) is 4.43. The van der Waals surface area contributed by atoms with Gasteiger partial charge in [-0.25, -0.2) is 4.98 Å². The molecule has 0 saturated carbocycles. The molecule has 3 aromatic rings. The second kappa shape index (κ2) is 9.33. The molecule has 1 aliphatic rings.